The first kappa shape index (κ1) is 15.5. The van der Waals surface area contributed by atoms with Crippen molar-refractivity contribution < 1.29 is 14.2 Å². The summed E-state index contributed by atoms with van der Waals surface area (Å²) in [5, 5.41) is 9.44. The zero-order valence-corrected chi connectivity index (χ0v) is 12.8. The Morgan fingerprint density at radius 2 is 1.68 bits per heavy atom. The summed E-state index contributed by atoms with van der Waals surface area (Å²) >= 11 is 0. The lowest BCUT2D eigenvalue weighted by Gasteiger charge is -2.10. The number of hydrogen-bond donors (Lipinski definition) is 0. The first-order chi connectivity index (χ1) is 10.7. The number of allylic oxidation sites excluding steroid dienone is 1. The molecule has 2 aromatic carbocycles. The lowest BCUT2D eigenvalue weighted by molar-refractivity contribution is 0.354. The predicted molar refractivity (Wildman–Crippen MR) is 86.0 cm³/mol. The smallest absolute Gasteiger partial charge is 0.167 e. The van der Waals surface area contributed by atoms with Crippen molar-refractivity contribution in [2.24, 2.45) is 0 Å². The molecule has 0 atom stereocenters. The van der Waals surface area contributed by atoms with Crippen molar-refractivity contribution >= 4 is 11.6 Å². The highest BCUT2D eigenvalue weighted by Crippen LogP contribution is 2.33. The minimum Gasteiger partial charge on any atom is -0.497 e. The predicted octanol–water partition coefficient (Wildman–Crippen LogP) is 3.78. The lowest BCUT2D eigenvalue weighted by atomic mass is 10.0. The van der Waals surface area contributed by atoms with Gasteiger partial charge >= 0.3 is 0 Å². The minimum absolute atomic E-state index is 0.536. The molecule has 0 aliphatic heterocycles. The SMILES string of the molecule is COc1ccc(/C(C#N)=C/c2cccc(OC)c2OC)cc1. The minimum atomic E-state index is 0.536. The molecule has 0 aliphatic rings. The van der Waals surface area contributed by atoms with Crippen molar-refractivity contribution in [3.05, 3.63) is 53.6 Å². The van der Waals surface area contributed by atoms with Crippen LogP contribution in [0.2, 0.25) is 0 Å². The number of ether oxygens (including phenoxy) is 3. The van der Waals surface area contributed by atoms with Gasteiger partial charge in [-0.3, -0.25) is 0 Å². The summed E-state index contributed by atoms with van der Waals surface area (Å²) in [6, 6.07) is 15.1. The third-order valence-electron chi connectivity index (χ3n) is 3.25. The van der Waals surface area contributed by atoms with Crippen LogP contribution >= 0.6 is 0 Å². The molecule has 2 aromatic rings. The molecular weight excluding hydrogens is 278 g/mol. The Morgan fingerprint density at radius 3 is 2.23 bits per heavy atom. The van der Waals surface area contributed by atoms with Gasteiger partial charge in [0.15, 0.2) is 11.5 Å². The summed E-state index contributed by atoms with van der Waals surface area (Å²) < 4.78 is 15.8. The Hall–Kier alpha value is -2.93. The molecule has 0 saturated heterocycles. The molecule has 0 heterocycles. The molecule has 4 heteroatoms. The molecule has 0 N–H and O–H groups in total. The normalized spacial score (nSPS) is 10.7. The van der Waals surface area contributed by atoms with Gasteiger partial charge in [-0.1, -0.05) is 12.1 Å². The van der Waals surface area contributed by atoms with E-state index in [1.54, 1.807) is 27.4 Å². The van der Waals surface area contributed by atoms with Gasteiger partial charge in [0.25, 0.3) is 0 Å². The third-order valence-corrected chi connectivity index (χ3v) is 3.25. The summed E-state index contributed by atoms with van der Waals surface area (Å²) in [6.07, 6.45) is 1.78. The Bertz CT molecular complexity index is 712. The molecule has 0 spiro atoms. The highest BCUT2D eigenvalue weighted by molar-refractivity contribution is 5.91. The van der Waals surface area contributed by atoms with Crippen LogP contribution in [0.5, 0.6) is 17.2 Å². The van der Waals surface area contributed by atoms with Crippen LogP contribution in [0.25, 0.3) is 11.6 Å². The van der Waals surface area contributed by atoms with E-state index in [-0.39, 0.29) is 0 Å². The van der Waals surface area contributed by atoms with E-state index in [2.05, 4.69) is 6.07 Å². The van der Waals surface area contributed by atoms with Gasteiger partial charge in [-0.2, -0.15) is 5.26 Å². The van der Waals surface area contributed by atoms with E-state index in [9.17, 15) is 5.26 Å². The molecule has 0 saturated carbocycles. The third kappa shape index (κ3) is 3.21. The fraction of sp³-hybridized carbons (Fsp3) is 0.167. The van der Waals surface area contributed by atoms with Crippen LogP contribution < -0.4 is 14.2 Å². The highest BCUT2D eigenvalue weighted by atomic mass is 16.5. The molecular formula is C18H17NO3. The van der Waals surface area contributed by atoms with Crippen molar-refractivity contribution in [2.45, 2.75) is 0 Å². The maximum atomic E-state index is 9.44. The second kappa shape index (κ2) is 7.19. The van der Waals surface area contributed by atoms with Gasteiger partial charge < -0.3 is 14.2 Å². The van der Waals surface area contributed by atoms with Gasteiger partial charge in [0.1, 0.15) is 5.75 Å². The van der Waals surface area contributed by atoms with Gasteiger partial charge in [0, 0.05) is 5.56 Å². The molecule has 112 valence electrons. The molecule has 0 unspecified atom stereocenters. The van der Waals surface area contributed by atoms with Crippen LogP contribution in [0.15, 0.2) is 42.5 Å². The average Bonchev–Trinajstić information content (AvgIpc) is 2.59. The van der Waals surface area contributed by atoms with Crippen LogP contribution in [-0.4, -0.2) is 21.3 Å². The van der Waals surface area contributed by atoms with E-state index in [1.807, 2.05) is 42.5 Å². The van der Waals surface area contributed by atoms with E-state index >= 15 is 0 Å². The monoisotopic (exact) mass is 295 g/mol. The zero-order valence-electron chi connectivity index (χ0n) is 12.8. The molecule has 0 aliphatic carbocycles. The highest BCUT2D eigenvalue weighted by Gasteiger charge is 2.09. The van der Waals surface area contributed by atoms with Crippen LogP contribution in [0.3, 0.4) is 0 Å². The fourth-order valence-corrected chi connectivity index (χ4v) is 2.13. The zero-order chi connectivity index (χ0) is 15.9. The summed E-state index contributed by atoms with van der Waals surface area (Å²) in [6.45, 7) is 0. The number of para-hydroxylation sites is 1. The topological polar surface area (TPSA) is 51.5 Å². The molecule has 22 heavy (non-hydrogen) atoms. The van der Waals surface area contributed by atoms with Gasteiger partial charge in [-0.25, -0.2) is 0 Å². The number of rotatable bonds is 5. The second-order valence-corrected chi connectivity index (χ2v) is 4.48. The van der Waals surface area contributed by atoms with Crippen molar-refractivity contribution in [1.29, 1.82) is 5.26 Å². The van der Waals surface area contributed by atoms with Crippen LogP contribution in [-0.2, 0) is 0 Å². The number of nitriles is 1. The number of hydrogen-bond acceptors (Lipinski definition) is 4. The summed E-state index contributed by atoms with van der Waals surface area (Å²) in [4.78, 5) is 0. The number of benzene rings is 2. The first-order valence-electron chi connectivity index (χ1n) is 6.70. The Morgan fingerprint density at radius 1 is 0.955 bits per heavy atom. The van der Waals surface area contributed by atoms with E-state index < -0.39 is 0 Å². The van der Waals surface area contributed by atoms with Crippen molar-refractivity contribution in [2.75, 3.05) is 21.3 Å². The van der Waals surface area contributed by atoms with Gasteiger partial charge in [-0.05, 0) is 42.0 Å². The van der Waals surface area contributed by atoms with Crippen molar-refractivity contribution in [1.82, 2.24) is 0 Å². The van der Waals surface area contributed by atoms with E-state index in [1.165, 1.54) is 0 Å². The summed E-state index contributed by atoms with van der Waals surface area (Å²) in [5.74, 6) is 1.98. The summed E-state index contributed by atoms with van der Waals surface area (Å²) in [7, 11) is 4.77. The van der Waals surface area contributed by atoms with E-state index in [0.717, 1.165) is 16.9 Å². The lowest BCUT2D eigenvalue weighted by Crippen LogP contribution is -1.93. The van der Waals surface area contributed by atoms with E-state index in [0.29, 0.717) is 17.1 Å². The Balaban J connectivity index is 2.47. The molecule has 0 fully saturated rings. The van der Waals surface area contributed by atoms with Gasteiger partial charge in [0.2, 0.25) is 0 Å². The average molecular weight is 295 g/mol. The second-order valence-electron chi connectivity index (χ2n) is 4.48. The Kier molecular flexibility index (Phi) is 5.05. The number of methoxy groups -OCH3 is 3. The maximum Gasteiger partial charge on any atom is 0.167 e. The van der Waals surface area contributed by atoms with Crippen LogP contribution in [0, 0.1) is 11.3 Å². The largest absolute Gasteiger partial charge is 0.497 e. The molecule has 0 amide bonds. The van der Waals surface area contributed by atoms with Crippen LogP contribution in [0.4, 0.5) is 0 Å². The molecule has 4 nitrogen and oxygen atoms in total. The van der Waals surface area contributed by atoms with Crippen molar-refractivity contribution in [3.8, 4) is 23.3 Å². The van der Waals surface area contributed by atoms with Gasteiger partial charge in [-0.15, -0.1) is 0 Å². The standard InChI is InChI=1S/C18H17NO3/c1-20-16-9-7-13(8-10-16)15(12-19)11-14-5-4-6-17(21-2)18(14)22-3/h4-11H,1-3H3/b15-11+. The molecule has 0 radical (unpaired) electrons. The summed E-state index contributed by atoms with van der Waals surface area (Å²) in [5.41, 5.74) is 2.14. The fourth-order valence-electron chi connectivity index (χ4n) is 2.13. The molecule has 0 aromatic heterocycles. The van der Waals surface area contributed by atoms with Gasteiger partial charge in [0.05, 0.1) is 33.0 Å². The first-order valence-corrected chi connectivity index (χ1v) is 6.70. The number of nitrogens with zero attached hydrogens (tertiary/aromatic N) is 1. The molecule has 0 bridgehead atoms. The van der Waals surface area contributed by atoms with E-state index in [4.69, 9.17) is 14.2 Å². The molecule has 2 rings (SSSR count). The van der Waals surface area contributed by atoms with Crippen molar-refractivity contribution in [3.63, 3.8) is 0 Å². The quantitative estimate of drug-likeness (QED) is 0.622. The maximum absolute atomic E-state index is 9.44. The Labute approximate surface area is 130 Å². The van der Waals surface area contributed by atoms with Crippen LogP contribution in [0.1, 0.15) is 11.1 Å².